The third-order valence-electron chi connectivity index (χ3n) is 2.59. The van der Waals surface area contributed by atoms with E-state index in [4.69, 9.17) is 11.5 Å². The first-order valence-electron chi connectivity index (χ1n) is 5.18. The van der Waals surface area contributed by atoms with Gasteiger partial charge in [-0.15, -0.1) is 0 Å². The zero-order chi connectivity index (χ0) is 12.9. The second kappa shape index (κ2) is 5.72. The molecule has 0 bridgehead atoms. The van der Waals surface area contributed by atoms with Crippen LogP contribution in [-0.4, -0.2) is 17.6 Å². The summed E-state index contributed by atoms with van der Waals surface area (Å²) in [5.41, 5.74) is 10.3. The van der Waals surface area contributed by atoms with E-state index in [0.717, 1.165) is 11.3 Å². The van der Waals surface area contributed by atoms with Crippen LogP contribution in [0.1, 0.15) is 12.5 Å². The molecule has 0 aliphatic rings. The van der Waals surface area contributed by atoms with Crippen molar-refractivity contribution in [2.75, 3.05) is 5.75 Å². The lowest BCUT2D eigenvalue weighted by Crippen LogP contribution is -2.47. The first-order chi connectivity index (χ1) is 7.97. The molecule has 0 spiro atoms. The van der Waals surface area contributed by atoms with Crippen LogP contribution in [0.25, 0.3) is 0 Å². The highest BCUT2D eigenvalue weighted by Crippen LogP contribution is 2.24. The van der Waals surface area contributed by atoms with Crippen LogP contribution in [0, 0.1) is 5.41 Å². The number of carbonyl (C=O) groups excluding carboxylic acids is 2. The number of carbonyl (C=O) groups is 2. The van der Waals surface area contributed by atoms with Gasteiger partial charge in [0.15, 0.2) is 0 Å². The first kappa shape index (κ1) is 13.6. The van der Waals surface area contributed by atoms with Crippen molar-refractivity contribution in [1.29, 1.82) is 0 Å². The molecule has 4 nitrogen and oxygen atoms in total. The maximum absolute atomic E-state index is 11.2. The SMILES string of the molecule is CC(CSCc1ccccc1)(C(N)=O)C(N)=O. The van der Waals surface area contributed by atoms with Gasteiger partial charge in [-0.3, -0.25) is 9.59 Å². The summed E-state index contributed by atoms with van der Waals surface area (Å²) in [6.45, 7) is 1.48. The molecular formula is C12H16N2O2S. The molecule has 0 unspecified atom stereocenters. The molecule has 0 radical (unpaired) electrons. The van der Waals surface area contributed by atoms with Crippen molar-refractivity contribution in [1.82, 2.24) is 0 Å². The highest BCUT2D eigenvalue weighted by Gasteiger charge is 2.37. The van der Waals surface area contributed by atoms with Crippen molar-refractivity contribution in [2.45, 2.75) is 12.7 Å². The Hall–Kier alpha value is -1.49. The Labute approximate surface area is 105 Å². The van der Waals surface area contributed by atoms with Gasteiger partial charge in [-0.2, -0.15) is 11.8 Å². The third kappa shape index (κ3) is 3.49. The van der Waals surface area contributed by atoms with Gasteiger partial charge in [0.25, 0.3) is 0 Å². The highest BCUT2D eigenvalue weighted by molar-refractivity contribution is 7.98. The normalized spacial score (nSPS) is 11.1. The number of amides is 2. The number of primary amides is 2. The summed E-state index contributed by atoms with van der Waals surface area (Å²) in [6.07, 6.45) is 0. The highest BCUT2D eigenvalue weighted by atomic mass is 32.2. The maximum atomic E-state index is 11.2. The Morgan fingerprint density at radius 2 is 1.71 bits per heavy atom. The van der Waals surface area contributed by atoms with Gasteiger partial charge in [-0.25, -0.2) is 0 Å². The molecule has 0 heterocycles. The summed E-state index contributed by atoms with van der Waals surface area (Å²) in [5, 5.41) is 0. The van der Waals surface area contributed by atoms with Crippen LogP contribution in [0.3, 0.4) is 0 Å². The van der Waals surface area contributed by atoms with Gasteiger partial charge >= 0.3 is 0 Å². The smallest absolute Gasteiger partial charge is 0.233 e. The van der Waals surface area contributed by atoms with Gasteiger partial charge < -0.3 is 11.5 Å². The molecule has 1 aromatic rings. The molecule has 2 amide bonds. The van der Waals surface area contributed by atoms with Crippen LogP contribution < -0.4 is 11.5 Å². The maximum Gasteiger partial charge on any atom is 0.233 e. The summed E-state index contributed by atoms with van der Waals surface area (Å²) >= 11 is 1.47. The van der Waals surface area contributed by atoms with E-state index >= 15 is 0 Å². The molecule has 1 aromatic carbocycles. The van der Waals surface area contributed by atoms with Gasteiger partial charge in [0.2, 0.25) is 11.8 Å². The van der Waals surface area contributed by atoms with Crippen molar-refractivity contribution in [3.8, 4) is 0 Å². The number of nitrogens with two attached hydrogens (primary N) is 2. The summed E-state index contributed by atoms with van der Waals surface area (Å²) in [5.74, 6) is -0.333. The van der Waals surface area contributed by atoms with Crippen molar-refractivity contribution >= 4 is 23.6 Å². The first-order valence-corrected chi connectivity index (χ1v) is 6.34. The van der Waals surface area contributed by atoms with Crippen LogP contribution in [0.15, 0.2) is 30.3 Å². The fourth-order valence-electron chi connectivity index (χ4n) is 1.21. The van der Waals surface area contributed by atoms with Gasteiger partial charge in [0, 0.05) is 11.5 Å². The largest absolute Gasteiger partial charge is 0.369 e. The van der Waals surface area contributed by atoms with Crippen molar-refractivity contribution in [2.24, 2.45) is 16.9 Å². The molecule has 0 atom stereocenters. The minimum atomic E-state index is -1.28. The Balaban J connectivity index is 2.55. The molecule has 1 rings (SSSR count). The fraction of sp³-hybridized carbons (Fsp3) is 0.333. The predicted octanol–water partition coefficient (Wildman–Crippen LogP) is 0.897. The number of rotatable bonds is 6. The van der Waals surface area contributed by atoms with Gasteiger partial charge in [0.1, 0.15) is 5.41 Å². The summed E-state index contributed by atoms with van der Waals surface area (Å²) in [4.78, 5) is 22.4. The predicted molar refractivity (Wildman–Crippen MR) is 69.1 cm³/mol. The monoisotopic (exact) mass is 252 g/mol. The lowest BCUT2D eigenvalue weighted by Gasteiger charge is -2.21. The Bertz CT molecular complexity index is 392. The number of benzene rings is 1. The van der Waals surface area contributed by atoms with E-state index in [9.17, 15) is 9.59 Å². The van der Waals surface area contributed by atoms with Crippen LogP contribution in [0.4, 0.5) is 0 Å². The van der Waals surface area contributed by atoms with Crippen LogP contribution in [-0.2, 0) is 15.3 Å². The average molecular weight is 252 g/mol. The average Bonchev–Trinajstić information content (AvgIpc) is 2.29. The van der Waals surface area contributed by atoms with Gasteiger partial charge in [-0.1, -0.05) is 30.3 Å². The molecule has 0 saturated carbocycles. The number of hydrogen-bond donors (Lipinski definition) is 2. The quantitative estimate of drug-likeness (QED) is 0.737. The summed E-state index contributed by atoms with van der Waals surface area (Å²) in [6, 6.07) is 9.79. The van der Waals surface area contributed by atoms with E-state index < -0.39 is 17.2 Å². The Kier molecular flexibility index (Phi) is 4.57. The van der Waals surface area contributed by atoms with Gasteiger partial charge in [-0.05, 0) is 12.5 Å². The second-order valence-corrected chi connectivity index (χ2v) is 5.02. The third-order valence-corrected chi connectivity index (χ3v) is 3.91. The Morgan fingerprint density at radius 3 is 2.18 bits per heavy atom. The Morgan fingerprint density at radius 1 is 1.18 bits per heavy atom. The summed E-state index contributed by atoms with van der Waals surface area (Å²) in [7, 11) is 0. The minimum Gasteiger partial charge on any atom is -0.369 e. The molecule has 0 aliphatic heterocycles. The molecule has 92 valence electrons. The molecule has 4 N–H and O–H groups in total. The fourth-order valence-corrected chi connectivity index (χ4v) is 2.43. The van der Waals surface area contributed by atoms with E-state index in [1.54, 1.807) is 0 Å². The van der Waals surface area contributed by atoms with E-state index in [-0.39, 0.29) is 0 Å². The lowest BCUT2D eigenvalue weighted by atomic mass is 9.92. The zero-order valence-corrected chi connectivity index (χ0v) is 10.5. The zero-order valence-electron chi connectivity index (χ0n) is 9.68. The molecule has 17 heavy (non-hydrogen) atoms. The van der Waals surface area contributed by atoms with Crippen LogP contribution >= 0.6 is 11.8 Å². The number of hydrogen-bond acceptors (Lipinski definition) is 3. The molecule has 0 aliphatic carbocycles. The van der Waals surface area contributed by atoms with Crippen LogP contribution in [0.5, 0.6) is 0 Å². The molecule has 5 heteroatoms. The standard InChI is InChI=1S/C12H16N2O2S/c1-12(10(13)15,11(14)16)8-17-7-9-5-3-2-4-6-9/h2-6H,7-8H2,1H3,(H2,13,15)(H2,14,16). The second-order valence-electron chi connectivity index (χ2n) is 4.04. The lowest BCUT2D eigenvalue weighted by molar-refractivity contribution is -0.137. The van der Waals surface area contributed by atoms with Crippen molar-refractivity contribution in [3.05, 3.63) is 35.9 Å². The molecular weight excluding hydrogens is 236 g/mol. The van der Waals surface area contributed by atoms with Gasteiger partial charge in [0.05, 0.1) is 0 Å². The van der Waals surface area contributed by atoms with Crippen molar-refractivity contribution in [3.63, 3.8) is 0 Å². The van der Waals surface area contributed by atoms with E-state index in [1.807, 2.05) is 30.3 Å². The topological polar surface area (TPSA) is 86.2 Å². The van der Waals surface area contributed by atoms with E-state index in [1.165, 1.54) is 18.7 Å². The summed E-state index contributed by atoms with van der Waals surface area (Å²) < 4.78 is 0. The molecule has 0 saturated heterocycles. The minimum absolute atomic E-state index is 0.298. The van der Waals surface area contributed by atoms with Crippen molar-refractivity contribution < 1.29 is 9.59 Å². The van der Waals surface area contributed by atoms with E-state index in [0.29, 0.717) is 5.75 Å². The van der Waals surface area contributed by atoms with E-state index in [2.05, 4.69) is 0 Å². The molecule has 0 fully saturated rings. The van der Waals surface area contributed by atoms with Crippen LogP contribution in [0.2, 0.25) is 0 Å². The molecule has 0 aromatic heterocycles. The number of thioether (sulfide) groups is 1.